The third-order valence-corrected chi connectivity index (χ3v) is 6.01. The van der Waals surface area contributed by atoms with Crippen LogP contribution in [0.2, 0.25) is 0 Å². The number of hydrogen-bond acceptors (Lipinski definition) is 4. The first-order chi connectivity index (χ1) is 13.0. The summed E-state index contributed by atoms with van der Waals surface area (Å²) in [5, 5.41) is 0. The number of carbonyl (C=O) groups is 1. The third kappa shape index (κ3) is 5.45. The van der Waals surface area contributed by atoms with Gasteiger partial charge in [-0.1, -0.05) is 18.2 Å². The molecule has 0 saturated carbocycles. The fourth-order valence-corrected chi connectivity index (χ4v) is 4.23. The number of nitrogens with zero attached hydrogens (tertiary/aromatic N) is 3. The molecular weight excluding hydrogens is 338 g/mol. The van der Waals surface area contributed by atoms with Gasteiger partial charge in [0.2, 0.25) is 5.91 Å². The Labute approximate surface area is 164 Å². The lowest BCUT2D eigenvalue weighted by Crippen LogP contribution is -2.52. The lowest BCUT2D eigenvalue weighted by atomic mass is 10.0. The van der Waals surface area contributed by atoms with Gasteiger partial charge in [0, 0.05) is 45.3 Å². The van der Waals surface area contributed by atoms with Crippen LogP contribution in [0.4, 0.5) is 0 Å². The van der Waals surface area contributed by atoms with Gasteiger partial charge in [0.15, 0.2) is 0 Å². The number of piperazine rings is 1. The summed E-state index contributed by atoms with van der Waals surface area (Å²) in [6.45, 7) is 13.5. The summed E-state index contributed by atoms with van der Waals surface area (Å²) in [6.07, 6.45) is 3.57. The van der Waals surface area contributed by atoms with Crippen LogP contribution in [0.25, 0.3) is 0 Å². The normalized spacial score (nSPS) is 22.0. The van der Waals surface area contributed by atoms with E-state index in [1.165, 1.54) is 17.5 Å². The highest BCUT2D eigenvalue weighted by atomic mass is 16.5. The van der Waals surface area contributed by atoms with Crippen LogP contribution < -0.4 is 4.74 Å². The molecule has 2 fully saturated rings. The number of hydrogen-bond donors (Lipinski definition) is 0. The first-order valence-electron chi connectivity index (χ1n) is 10.5. The van der Waals surface area contributed by atoms with Crippen molar-refractivity contribution in [3.05, 3.63) is 29.3 Å². The van der Waals surface area contributed by atoms with Crippen molar-refractivity contribution in [2.45, 2.75) is 46.1 Å². The molecule has 5 heteroatoms. The van der Waals surface area contributed by atoms with E-state index in [2.05, 4.69) is 53.7 Å². The van der Waals surface area contributed by atoms with Crippen LogP contribution in [0, 0.1) is 13.8 Å². The van der Waals surface area contributed by atoms with Crippen LogP contribution in [0.3, 0.4) is 0 Å². The molecule has 1 aromatic carbocycles. The number of rotatable bonds is 6. The van der Waals surface area contributed by atoms with Crippen LogP contribution in [0.1, 0.15) is 37.3 Å². The molecule has 2 aliphatic rings. The van der Waals surface area contributed by atoms with E-state index < -0.39 is 0 Å². The van der Waals surface area contributed by atoms with Gasteiger partial charge >= 0.3 is 0 Å². The summed E-state index contributed by atoms with van der Waals surface area (Å²) in [5.74, 6) is 1.34. The number of ether oxygens (including phenoxy) is 1. The molecule has 1 aromatic rings. The molecule has 2 aliphatic heterocycles. The Morgan fingerprint density at radius 1 is 1.04 bits per heavy atom. The van der Waals surface area contributed by atoms with Crippen LogP contribution in [0.5, 0.6) is 5.75 Å². The van der Waals surface area contributed by atoms with Gasteiger partial charge in [0.1, 0.15) is 12.4 Å². The van der Waals surface area contributed by atoms with E-state index in [0.717, 1.165) is 64.5 Å². The molecule has 150 valence electrons. The van der Waals surface area contributed by atoms with E-state index in [1.807, 2.05) is 0 Å². The van der Waals surface area contributed by atoms with Crippen molar-refractivity contribution >= 4 is 5.91 Å². The first kappa shape index (κ1) is 20.2. The van der Waals surface area contributed by atoms with Crippen molar-refractivity contribution in [2.75, 3.05) is 52.4 Å². The molecule has 27 heavy (non-hydrogen) atoms. The molecule has 2 heterocycles. The monoisotopic (exact) mass is 373 g/mol. The Morgan fingerprint density at radius 2 is 1.70 bits per heavy atom. The van der Waals surface area contributed by atoms with E-state index in [-0.39, 0.29) is 0 Å². The van der Waals surface area contributed by atoms with Gasteiger partial charge in [0.05, 0.1) is 6.54 Å². The second-order valence-electron chi connectivity index (χ2n) is 8.12. The Kier molecular flexibility index (Phi) is 7.13. The average Bonchev–Trinajstić information content (AvgIpc) is 2.66. The fraction of sp³-hybridized carbons (Fsp3) is 0.682. The van der Waals surface area contributed by atoms with Crippen molar-refractivity contribution in [1.29, 1.82) is 0 Å². The van der Waals surface area contributed by atoms with Crippen molar-refractivity contribution < 1.29 is 9.53 Å². The Morgan fingerprint density at radius 3 is 2.37 bits per heavy atom. The Balaban J connectivity index is 1.37. The Bertz CT molecular complexity index is 606. The summed E-state index contributed by atoms with van der Waals surface area (Å²) in [5.41, 5.74) is 2.40. The first-order valence-corrected chi connectivity index (χ1v) is 10.5. The molecular formula is C22H35N3O2. The molecule has 0 aromatic heterocycles. The molecule has 0 aliphatic carbocycles. The summed E-state index contributed by atoms with van der Waals surface area (Å²) < 4.78 is 6.04. The number of likely N-dealkylation sites (tertiary alicyclic amines) is 1. The van der Waals surface area contributed by atoms with Crippen LogP contribution in [-0.4, -0.2) is 79.1 Å². The number of aryl methyl sites for hydroxylation is 2. The topological polar surface area (TPSA) is 36.0 Å². The SMILES string of the molecule is Cc1cccc(C)c1OCCN1CCN(CC(=O)N2CCCCC2C)CC1. The third-order valence-electron chi connectivity index (χ3n) is 6.01. The van der Waals surface area contributed by atoms with Gasteiger partial charge in [-0.05, 0) is 51.2 Å². The van der Waals surface area contributed by atoms with Gasteiger partial charge in [-0.25, -0.2) is 0 Å². The second kappa shape index (κ2) is 9.56. The van der Waals surface area contributed by atoms with Gasteiger partial charge < -0.3 is 9.64 Å². The smallest absolute Gasteiger partial charge is 0.236 e. The summed E-state index contributed by atoms with van der Waals surface area (Å²) in [4.78, 5) is 19.4. The number of amides is 1. The zero-order valence-electron chi connectivity index (χ0n) is 17.2. The molecule has 1 atom stereocenters. The zero-order valence-corrected chi connectivity index (χ0v) is 17.2. The quantitative estimate of drug-likeness (QED) is 0.768. The number of para-hydroxylation sites is 1. The van der Waals surface area contributed by atoms with Gasteiger partial charge in [-0.15, -0.1) is 0 Å². The maximum Gasteiger partial charge on any atom is 0.236 e. The van der Waals surface area contributed by atoms with Gasteiger partial charge in [0.25, 0.3) is 0 Å². The molecule has 3 rings (SSSR count). The number of piperidine rings is 1. The number of benzene rings is 1. The molecule has 0 N–H and O–H groups in total. The molecule has 0 spiro atoms. The Hall–Kier alpha value is -1.59. The van der Waals surface area contributed by atoms with E-state index in [0.29, 0.717) is 18.5 Å². The van der Waals surface area contributed by atoms with E-state index >= 15 is 0 Å². The average molecular weight is 374 g/mol. The van der Waals surface area contributed by atoms with E-state index in [1.54, 1.807) is 0 Å². The predicted octanol–water partition coefficient (Wildman–Crippen LogP) is 2.70. The highest BCUT2D eigenvalue weighted by molar-refractivity contribution is 5.78. The maximum atomic E-state index is 12.6. The fourth-order valence-electron chi connectivity index (χ4n) is 4.23. The summed E-state index contributed by atoms with van der Waals surface area (Å²) in [7, 11) is 0. The molecule has 2 saturated heterocycles. The van der Waals surface area contributed by atoms with Crippen molar-refractivity contribution in [3.8, 4) is 5.75 Å². The van der Waals surface area contributed by atoms with E-state index in [4.69, 9.17) is 4.74 Å². The summed E-state index contributed by atoms with van der Waals surface area (Å²) >= 11 is 0. The minimum absolute atomic E-state index is 0.314. The molecule has 0 bridgehead atoms. The highest BCUT2D eigenvalue weighted by Crippen LogP contribution is 2.22. The largest absolute Gasteiger partial charge is 0.492 e. The van der Waals surface area contributed by atoms with Crippen molar-refractivity contribution in [1.82, 2.24) is 14.7 Å². The van der Waals surface area contributed by atoms with Crippen LogP contribution in [0.15, 0.2) is 18.2 Å². The van der Waals surface area contributed by atoms with Gasteiger partial charge in [-0.3, -0.25) is 14.6 Å². The maximum absolute atomic E-state index is 12.6. The second-order valence-corrected chi connectivity index (χ2v) is 8.12. The minimum atomic E-state index is 0.314. The van der Waals surface area contributed by atoms with Gasteiger partial charge in [-0.2, -0.15) is 0 Å². The molecule has 1 unspecified atom stereocenters. The van der Waals surface area contributed by atoms with Crippen molar-refractivity contribution in [3.63, 3.8) is 0 Å². The lowest BCUT2D eigenvalue weighted by Gasteiger charge is -2.38. The predicted molar refractivity (Wildman–Crippen MR) is 109 cm³/mol. The molecule has 5 nitrogen and oxygen atoms in total. The standard InChI is InChI=1S/C22H35N3O2/c1-18-7-6-8-19(2)22(18)27-16-15-23-11-13-24(14-12-23)17-21(26)25-10-5-4-9-20(25)3/h6-8,20H,4-5,9-17H2,1-3H3. The molecule has 1 amide bonds. The van der Waals surface area contributed by atoms with E-state index in [9.17, 15) is 4.79 Å². The summed E-state index contributed by atoms with van der Waals surface area (Å²) in [6, 6.07) is 6.68. The lowest BCUT2D eigenvalue weighted by molar-refractivity contribution is -0.136. The highest BCUT2D eigenvalue weighted by Gasteiger charge is 2.26. The zero-order chi connectivity index (χ0) is 19.2. The van der Waals surface area contributed by atoms with Crippen molar-refractivity contribution in [2.24, 2.45) is 0 Å². The minimum Gasteiger partial charge on any atom is -0.492 e. The van der Waals surface area contributed by atoms with Crippen LogP contribution in [-0.2, 0) is 4.79 Å². The number of carbonyl (C=O) groups excluding carboxylic acids is 1. The molecule has 0 radical (unpaired) electrons. The van der Waals surface area contributed by atoms with Crippen LogP contribution >= 0.6 is 0 Å².